The normalized spacial score (nSPS) is 14.7. The molecule has 8 nitrogen and oxygen atoms in total. The van der Waals surface area contributed by atoms with Crippen LogP contribution in [0, 0.1) is 0 Å². The van der Waals surface area contributed by atoms with Crippen LogP contribution in [0.5, 0.6) is 17.2 Å². The standard InChI is InChI=1S/C21H19ClN2O6S/c1-28-15-9-8-12(18(29-2)19(15)30-3)10-16-20(26)24(21(27)31-16)11-17(25)23-14-7-5-4-6-13(14)22/h4-10H,11H2,1-3H3,(H,23,25)/b16-10+. The average molecular weight is 463 g/mol. The molecule has 1 heterocycles. The predicted molar refractivity (Wildman–Crippen MR) is 119 cm³/mol. The van der Waals surface area contributed by atoms with Gasteiger partial charge in [0.15, 0.2) is 11.5 Å². The third kappa shape index (κ3) is 4.78. The number of anilines is 1. The van der Waals surface area contributed by atoms with Crippen LogP contribution in [0.3, 0.4) is 0 Å². The monoisotopic (exact) mass is 462 g/mol. The van der Waals surface area contributed by atoms with Crippen LogP contribution in [-0.2, 0) is 9.59 Å². The van der Waals surface area contributed by atoms with Gasteiger partial charge in [0.05, 0.1) is 36.9 Å². The summed E-state index contributed by atoms with van der Waals surface area (Å²) in [5, 5.41) is 2.39. The maximum Gasteiger partial charge on any atom is 0.294 e. The third-order valence-electron chi connectivity index (χ3n) is 4.34. The molecule has 1 N–H and O–H groups in total. The molecule has 1 aliphatic heterocycles. The molecule has 2 aromatic rings. The second kappa shape index (κ2) is 9.76. The van der Waals surface area contributed by atoms with E-state index in [4.69, 9.17) is 25.8 Å². The van der Waals surface area contributed by atoms with Crippen molar-refractivity contribution in [2.45, 2.75) is 0 Å². The fraction of sp³-hybridized carbons (Fsp3) is 0.190. The number of nitrogens with one attached hydrogen (secondary N) is 1. The van der Waals surface area contributed by atoms with Crippen molar-refractivity contribution < 1.29 is 28.6 Å². The summed E-state index contributed by atoms with van der Waals surface area (Å²) in [6.07, 6.45) is 1.51. The Bertz CT molecular complexity index is 1070. The van der Waals surface area contributed by atoms with Crippen LogP contribution >= 0.6 is 23.4 Å². The summed E-state index contributed by atoms with van der Waals surface area (Å²) in [6.45, 7) is -0.434. The SMILES string of the molecule is COc1ccc(/C=C2/SC(=O)N(CC(=O)Nc3ccccc3Cl)C2=O)c(OC)c1OC. The lowest BCUT2D eigenvalue weighted by atomic mass is 10.1. The van der Waals surface area contributed by atoms with Gasteiger partial charge in [-0.1, -0.05) is 23.7 Å². The van der Waals surface area contributed by atoms with Gasteiger partial charge in [-0.25, -0.2) is 0 Å². The Kier molecular flexibility index (Phi) is 7.09. The Morgan fingerprint density at radius 2 is 1.77 bits per heavy atom. The van der Waals surface area contributed by atoms with E-state index in [0.717, 1.165) is 16.7 Å². The van der Waals surface area contributed by atoms with Crippen LogP contribution in [0.25, 0.3) is 6.08 Å². The smallest absolute Gasteiger partial charge is 0.294 e. The van der Waals surface area contributed by atoms with Crippen LogP contribution in [0.1, 0.15) is 5.56 Å². The fourth-order valence-corrected chi connectivity index (χ4v) is 3.92. The molecule has 3 rings (SSSR count). The van der Waals surface area contributed by atoms with Crippen LogP contribution < -0.4 is 19.5 Å². The molecule has 1 aliphatic rings. The molecular weight excluding hydrogens is 444 g/mol. The van der Waals surface area contributed by atoms with Crippen molar-refractivity contribution in [1.29, 1.82) is 0 Å². The topological polar surface area (TPSA) is 94.2 Å². The number of carbonyl (C=O) groups excluding carboxylic acids is 3. The molecule has 0 aromatic heterocycles. The van der Waals surface area contributed by atoms with Gasteiger partial charge in [-0.15, -0.1) is 0 Å². The number of thioether (sulfide) groups is 1. The largest absolute Gasteiger partial charge is 0.493 e. The summed E-state index contributed by atoms with van der Waals surface area (Å²) in [5.74, 6) is 0.0459. The number of rotatable bonds is 7. The molecule has 10 heteroatoms. The Labute approximate surface area is 188 Å². The van der Waals surface area contributed by atoms with Crippen LogP contribution in [0.15, 0.2) is 41.3 Å². The lowest BCUT2D eigenvalue weighted by Gasteiger charge is -2.14. The van der Waals surface area contributed by atoms with E-state index in [0.29, 0.717) is 33.5 Å². The van der Waals surface area contributed by atoms with Gasteiger partial charge in [0.25, 0.3) is 11.1 Å². The second-order valence-corrected chi connectivity index (χ2v) is 7.62. The molecule has 3 amide bonds. The van der Waals surface area contributed by atoms with Crippen LogP contribution in [0.4, 0.5) is 10.5 Å². The maximum absolute atomic E-state index is 12.8. The van der Waals surface area contributed by atoms with Crippen molar-refractivity contribution >= 4 is 52.2 Å². The lowest BCUT2D eigenvalue weighted by Crippen LogP contribution is -2.36. The third-order valence-corrected chi connectivity index (χ3v) is 5.58. The number of amides is 3. The van der Waals surface area contributed by atoms with Crippen molar-refractivity contribution in [3.63, 3.8) is 0 Å². The van der Waals surface area contributed by atoms with E-state index in [1.54, 1.807) is 36.4 Å². The highest BCUT2D eigenvalue weighted by Crippen LogP contribution is 2.42. The first kappa shape index (κ1) is 22.5. The number of halogens is 1. The van der Waals surface area contributed by atoms with E-state index in [1.807, 2.05) is 0 Å². The molecule has 0 unspecified atom stereocenters. The fourth-order valence-electron chi connectivity index (χ4n) is 2.91. The summed E-state index contributed by atoms with van der Waals surface area (Å²) in [5.41, 5.74) is 0.915. The number of imide groups is 1. The molecule has 0 spiro atoms. The zero-order valence-corrected chi connectivity index (χ0v) is 18.5. The van der Waals surface area contributed by atoms with Crippen LogP contribution in [-0.4, -0.2) is 49.8 Å². The van der Waals surface area contributed by atoms with Gasteiger partial charge < -0.3 is 19.5 Å². The first-order valence-electron chi connectivity index (χ1n) is 8.98. The first-order valence-corrected chi connectivity index (χ1v) is 10.2. The van der Waals surface area contributed by atoms with E-state index < -0.39 is 23.6 Å². The minimum absolute atomic E-state index is 0.154. The molecule has 0 atom stereocenters. The highest BCUT2D eigenvalue weighted by molar-refractivity contribution is 8.18. The van der Waals surface area contributed by atoms with Gasteiger partial charge >= 0.3 is 0 Å². The molecule has 1 fully saturated rings. The number of benzene rings is 2. The average Bonchev–Trinajstić information content (AvgIpc) is 3.02. The molecule has 1 saturated heterocycles. The molecule has 31 heavy (non-hydrogen) atoms. The quantitative estimate of drug-likeness (QED) is 0.620. The number of hydrogen-bond donors (Lipinski definition) is 1. The van der Waals surface area contributed by atoms with Gasteiger partial charge in [0.2, 0.25) is 11.7 Å². The molecule has 0 bridgehead atoms. The second-order valence-electron chi connectivity index (χ2n) is 6.22. The Hall–Kier alpha value is -3.17. The number of hydrogen-bond acceptors (Lipinski definition) is 7. The van der Waals surface area contributed by atoms with Crippen LogP contribution in [0.2, 0.25) is 5.02 Å². The first-order chi connectivity index (χ1) is 14.9. The molecule has 162 valence electrons. The molecule has 2 aromatic carbocycles. The molecule has 0 saturated carbocycles. The zero-order valence-electron chi connectivity index (χ0n) is 16.9. The van der Waals surface area contributed by atoms with Gasteiger partial charge in [0, 0.05) is 5.56 Å². The molecular formula is C21H19ClN2O6S. The molecule has 0 aliphatic carbocycles. The van der Waals surface area contributed by atoms with E-state index >= 15 is 0 Å². The van der Waals surface area contributed by atoms with Gasteiger partial charge in [-0.05, 0) is 42.1 Å². The highest BCUT2D eigenvalue weighted by atomic mass is 35.5. The Morgan fingerprint density at radius 3 is 2.42 bits per heavy atom. The zero-order chi connectivity index (χ0) is 22.5. The number of methoxy groups -OCH3 is 3. The summed E-state index contributed by atoms with van der Waals surface area (Å²) >= 11 is 6.76. The van der Waals surface area contributed by atoms with Gasteiger partial charge in [-0.3, -0.25) is 19.3 Å². The maximum atomic E-state index is 12.8. The number of carbonyl (C=O) groups is 3. The predicted octanol–water partition coefficient (Wildman–Crippen LogP) is 4.04. The number of nitrogens with zero attached hydrogens (tertiary/aromatic N) is 1. The minimum atomic E-state index is -0.582. The lowest BCUT2D eigenvalue weighted by molar-refractivity contribution is -0.127. The summed E-state index contributed by atoms with van der Waals surface area (Å²) in [7, 11) is 4.42. The van der Waals surface area contributed by atoms with Crippen molar-refractivity contribution in [3.05, 3.63) is 51.9 Å². The highest BCUT2D eigenvalue weighted by Gasteiger charge is 2.36. The van der Waals surface area contributed by atoms with E-state index in [2.05, 4.69) is 5.32 Å². The number of para-hydroxylation sites is 1. The van der Waals surface area contributed by atoms with E-state index in [9.17, 15) is 14.4 Å². The Balaban J connectivity index is 1.81. The van der Waals surface area contributed by atoms with Gasteiger partial charge in [-0.2, -0.15) is 0 Å². The molecule has 0 radical (unpaired) electrons. The van der Waals surface area contributed by atoms with Gasteiger partial charge in [0.1, 0.15) is 6.54 Å². The summed E-state index contributed by atoms with van der Waals surface area (Å²) in [4.78, 5) is 38.5. The minimum Gasteiger partial charge on any atom is -0.493 e. The van der Waals surface area contributed by atoms with E-state index in [-0.39, 0.29) is 4.91 Å². The van der Waals surface area contributed by atoms with Crippen molar-refractivity contribution in [2.24, 2.45) is 0 Å². The number of ether oxygens (including phenoxy) is 3. The van der Waals surface area contributed by atoms with E-state index in [1.165, 1.54) is 27.4 Å². The summed E-state index contributed by atoms with van der Waals surface area (Å²) in [6, 6.07) is 10.0. The van der Waals surface area contributed by atoms with Crippen molar-refractivity contribution in [1.82, 2.24) is 4.90 Å². The van der Waals surface area contributed by atoms with Crippen molar-refractivity contribution in [3.8, 4) is 17.2 Å². The Morgan fingerprint density at radius 1 is 1.06 bits per heavy atom. The summed E-state index contributed by atoms with van der Waals surface area (Å²) < 4.78 is 16.0. The van der Waals surface area contributed by atoms with Crippen molar-refractivity contribution in [2.75, 3.05) is 33.2 Å².